The van der Waals surface area contributed by atoms with Crippen LogP contribution in [0.15, 0.2) is 27.7 Å². The molecule has 0 aromatic heterocycles. The zero-order valence-electron chi connectivity index (χ0n) is 12.8. The van der Waals surface area contributed by atoms with Crippen LogP contribution in [-0.4, -0.2) is 44.0 Å². The van der Waals surface area contributed by atoms with Crippen molar-refractivity contribution in [3.63, 3.8) is 0 Å². The number of halogens is 3. The van der Waals surface area contributed by atoms with E-state index in [2.05, 4.69) is 31.6 Å². The van der Waals surface area contributed by atoms with Crippen molar-refractivity contribution >= 4 is 51.8 Å². The van der Waals surface area contributed by atoms with Gasteiger partial charge in [0, 0.05) is 25.1 Å². The van der Waals surface area contributed by atoms with Gasteiger partial charge in [-0.1, -0.05) is 15.9 Å². The van der Waals surface area contributed by atoms with Crippen molar-refractivity contribution in [2.45, 2.75) is 13.5 Å². The highest BCUT2D eigenvalue weighted by Gasteiger charge is 2.05. The highest BCUT2D eigenvalue weighted by molar-refractivity contribution is 14.0. The Hall–Kier alpha value is -0.900. The molecule has 1 amide bonds. The molecule has 0 heterocycles. The average molecular weight is 487 g/mol. The van der Waals surface area contributed by atoms with Gasteiger partial charge in [-0.25, -0.2) is 9.38 Å². The second kappa shape index (κ2) is 10.8. The van der Waals surface area contributed by atoms with E-state index in [1.165, 1.54) is 17.0 Å². The number of nitrogens with zero attached hydrogens (tertiary/aromatic N) is 2. The SMILES string of the molecule is CCNC(=NCc1cc(F)cc(Br)c1)NCC(=O)N(C)C.I. The summed E-state index contributed by atoms with van der Waals surface area (Å²) < 4.78 is 14.0. The van der Waals surface area contributed by atoms with Crippen LogP contribution in [-0.2, 0) is 11.3 Å². The normalized spacial score (nSPS) is 10.7. The number of likely N-dealkylation sites (N-methyl/N-ethyl adjacent to an activating group) is 1. The molecule has 0 radical (unpaired) electrons. The lowest BCUT2D eigenvalue weighted by atomic mass is 10.2. The highest BCUT2D eigenvalue weighted by Crippen LogP contribution is 2.15. The standard InChI is InChI=1S/C14H20BrFN4O.HI/c1-4-17-14(19-9-13(21)20(2)3)18-8-10-5-11(15)7-12(16)6-10;/h5-7H,4,8-9H2,1-3H3,(H2,17,18,19);1H. The molecular formula is C14H21BrFIN4O. The van der Waals surface area contributed by atoms with Crippen LogP contribution in [0, 0.1) is 5.82 Å². The van der Waals surface area contributed by atoms with Gasteiger partial charge in [-0.15, -0.1) is 24.0 Å². The zero-order chi connectivity index (χ0) is 15.8. The number of guanidine groups is 1. The summed E-state index contributed by atoms with van der Waals surface area (Å²) in [5, 5.41) is 5.98. The van der Waals surface area contributed by atoms with E-state index in [1.54, 1.807) is 20.2 Å². The minimum Gasteiger partial charge on any atom is -0.357 e. The number of carbonyl (C=O) groups is 1. The predicted octanol–water partition coefficient (Wildman–Crippen LogP) is 2.35. The Kier molecular flexibility index (Phi) is 10.3. The molecule has 1 aromatic carbocycles. The van der Waals surface area contributed by atoms with Gasteiger partial charge in [0.1, 0.15) is 5.82 Å². The first-order valence-electron chi connectivity index (χ1n) is 6.59. The maximum atomic E-state index is 13.3. The minimum absolute atomic E-state index is 0. The van der Waals surface area contributed by atoms with E-state index in [0.717, 1.165) is 5.56 Å². The molecule has 0 saturated heterocycles. The molecule has 0 fully saturated rings. The van der Waals surface area contributed by atoms with Gasteiger partial charge in [0.05, 0.1) is 13.1 Å². The summed E-state index contributed by atoms with van der Waals surface area (Å²) in [6.07, 6.45) is 0. The van der Waals surface area contributed by atoms with Crippen molar-refractivity contribution in [3.8, 4) is 0 Å². The average Bonchev–Trinajstić information content (AvgIpc) is 2.40. The largest absolute Gasteiger partial charge is 0.357 e. The number of amides is 1. The zero-order valence-corrected chi connectivity index (χ0v) is 16.7. The number of benzene rings is 1. The first-order valence-corrected chi connectivity index (χ1v) is 7.39. The van der Waals surface area contributed by atoms with Crippen LogP contribution in [0.3, 0.4) is 0 Å². The number of hydrogen-bond acceptors (Lipinski definition) is 2. The molecular weight excluding hydrogens is 466 g/mol. The first-order chi connectivity index (χ1) is 9.92. The maximum Gasteiger partial charge on any atom is 0.241 e. The Labute approximate surface area is 155 Å². The van der Waals surface area contributed by atoms with Gasteiger partial charge < -0.3 is 15.5 Å². The summed E-state index contributed by atoms with van der Waals surface area (Å²) in [5.41, 5.74) is 0.748. The lowest BCUT2D eigenvalue weighted by molar-refractivity contribution is -0.127. The number of nitrogens with one attached hydrogen (secondary N) is 2. The molecule has 0 aliphatic carbocycles. The van der Waals surface area contributed by atoms with Crippen LogP contribution in [0.25, 0.3) is 0 Å². The third kappa shape index (κ3) is 7.92. The van der Waals surface area contributed by atoms with E-state index >= 15 is 0 Å². The van der Waals surface area contributed by atoms with Gasteiger partial charge in [-0.2, -0.15) is 0 Å². The second-order valence-electron chi connectivity index (χ2n) is 4.61. The monoisotopic (exact) mass is 486 g/mol. The molecule has 0 bridgehead atoms. The number of aliphatic imine (C=N–C) groups is 1. The Balaban J connectivity index is 0.00000441. The summed E-state index contributed by atoms with van der Waals surface area (Å²) in [5.74, 6) is 0.164. The smallest absolute Gasteiger partial charge is 0.241 e. The van der Waals surface area contributed by atoms with Gasteiger partial charge in [0.2, 0.25) is 5.91 Å². The van der Waals surface area contributed by atoms with Crippen LogP contribution in [0.1, 0.15) is 12.5 Å². The molecule has 8 heteroatoms. The summed E-state index contributed by atoms with van der Waals surface area (Å²) in [7, 11) is 3.39. The fourth-order valence-corrected chi connectivity index (χ4v) is 2.04. The van der Waals surface area contributed by atoms with E-state index in [4.69, 9.17) is 0 Å². The lowest BCUT2D eigenvalue weighted by Crippen LogP contribution is -2.42. The van der Waals surface area contributed by atoms with Gasteiger partial charge in [0.25, 0.3) is 0 Å². The maximum absolute atomic E-state index is 13.3. The van der Waals surface area contributed by atoms with Crippen LogP contribution in [0.5, 0.6) is 0 Å². The molecule has 1 aromatic rings. The summed E-state index contributed by atoms with van der Waals surface area (Å²) >= 11 is 3.25. The van der Waals surface area contributed by atoms with Crippen molar-refractivity contribution < 1.29 is 9.18 Å². The van der Waals surface area contributed by atoms with Gasteiger partial charge in [-0.3, -0.25) is 4.79 Å². The minimum atomic E-state index is -0.310. The summed E-state index contributed by atoms with van der Waals surface area (Å²) in [6.45, 7) is 3.09. The van der Waals surface area contributed by atoms with Crippen molar-refractivity contribution in [2.24, 2.45) is 4.99 Å². The molecule has 0 atom stereocenters. The lowest BCUT2D eigenvalue weighted by Gasteiger charge is -2.14. The third-order valence-electron chi connectivity index (χ3n) is 2.59. The number of rotatable bonds is 5. The Bertz CT molecular complexity index is 505. The van der Waals surface area contributed by atoms with Crippen molar-refractivity contribution in [1.82, 2.24) is 15.5 Å². The Morgan fingerprint density at radius 3 is 2.55 bits per heavy atom. The van der Waals surface area contributed by atoms with E-state index in [-0.39, 0.29) is 42.2 Å². The van der Waals surface area contributed by atoms with Crippen LogP contribution in [0.2, 0.25) is 0 Å². The third-order valence-corrected chi connectivity index (χ3v) is 3.05. The molecule has 2 N–H and O–H groups in total. The molecule has 0 aliphatic rings. The van der Waals surface area contributed by atoms with E-state index in [0.29, 0.717) is 23.5 Å². The molecule has 5 nitrogen and oxygen atoms in total. The van der Waals surface area contributed by atoms with Crippen LogP contribution >= 0.6 is 39.9 Å². The van der Waals surface area contributed by atoms with Gasteiger partial charge in [-0.05, 0) is 30.7 Å². The van der Waals surface area contributed by atoms with Crippen molar-refractivity contribution in [3.05, 3.63) is 34.1 Å². The molecule has 0 aliphatic heterocycles. The molecule has 22 heavy (non-hydrogen) atoms. The Morgan fingerprint density at radius 1 is 1.32 bits per heavy atom. The van der Waals surface area contributed by atoms with Crippen molar-refractivity contribution in [2.75, 3.05) is 27.2 Å². The fraction of sp³-hybridized carbons (Fsp3) is 0.429. The molecule has 0 spiro atoms. The summed E-state index contributed by atoms with van der Waals surface area (Å²) in [4.78, 5) is 17.4. The van der Waals surface area contributed by atoms with E-state index in [9.17, 15) is 9.18 Å². The Morgan fingerprint density at radius 2 is 2.00 bits per heavy atom. The van der Waals surface area contributed by atoms with Crippen LogP contribution < -0.4 is 10.6 Å². The van der Waals surface area contributed by atoms with Crippen LogP contribution in [0.4, 0.5) is 4.39 Å². The topological polar surface area (TPSA) is 56.7 Å². The quantitative estimate of drug-likeness (QED) is 0.381. The molecule has 0 unspecified atom stereocenters. The molecule has 0 saturated carbocycles. The number of carbonyl (C=O) groups excluding carboxylic acids is 1. The highest BCUT2D eigenvalue weighted by atomic mass is 127. The molecule has 1 rings (SSSR count). The van der Waals surface area contributed by atoms with Gasteiger partial charge in [0.15, 0.2) is 5.96 Å². The number of hydrogen-bond donors (Lipinski definition) is 2. The van der Waals surface area contributed by atoms with E-state index in [1.807, 2.05) is 6.92 Å². The van der Waals surface area contributed by atoms with Gasteiger partial charge >= 0.3 is 0 Å². The predicted molar refractivity (Wildman–Crippen MR) is 101 cm³/mol. The van der Waals surface area contributed by atoms with E-state index < -0.39 is 0 Å². The fourth-order valence-electron chi connectivity index (χ4n) is 1.53. The summed E-state index contributed by atoms with van der Waals surface area (Å²) in [6, 6.07) is 4.64. The molecule has 124 valence electrons. The second-order valence-corrected chi connectivity index (χ2v) is 5.53. The van der Waals surface area contributed by atoms with Crippen molar-refractivity contribution in [1.29, 1.82) is 0 Å². The first kappa shape index (κ1) is 21.1.